The van der Waals surface area contributed by atoms with Crippen molar-refractivity contribution in [3.8, 4) is 0 Å². The van der Waals surface area contributed by atoms with Gasteiger partial charge in [-0.1, -0.05) is 30.3 Å². The molecular weight excluding hydrogens is 186 g/mol. The van der Waals surface area contributed by atoms with Crippen LogP contribution >= 0.6 is 0 Å². The maximum atomic E-state index is 6.19. The van der Waals surface area contributed by atoms with Crippen molar-refractivity contribution in [1.82, 2.24) is 0 Å². The van der Waals surface area contributed by atoms with Crippen LogP contribution in [-0.4, -0.2) is 18.8 Å². The normalized spacial score (nSPS) is 27.9. The van der Waals surface area contributed by atoms with Crippen LogP contribution in [0.5, 0.6) is 0 Å². The van der Waals surface area contributed by atoms with E-state index in [2.05, 4.69) is 31.2 Å². The third kappa shape index (κ3) is 2.80. The van der Waals surface area contributed by atoms with Gasteiger partial charge >= 0.3 is 0 Å². The number of ether oxygens (including phenoxy) is 1. The zero-order valence-corrected chi connectivity index (χ0v) is 9.23. The third-order valence-corrected chi connectivity index (χ3v) is 3.15. The summed E-state index contributed by atoms with van der Waals surface area (Å²) in [5, 5.41) is 0. The molecule has 15 heavy (non-hydrogen) atoms. The summed E-state index contributed by atoms with van der Waals surface area (Å²) in [5.41, 5.74) is 7.52. The molecule has 1 aromatic carbocycles. The van der Waals surface area contributed by atoms with Crippen molar-refractivity contribution in [2.24, 2.45) is 11.7 Å². The van der Waals surface area contributed by atoms with Gasteiger partial charge in [0.05, 0.1) is 12.7 Å². The molecule has 3 atom stereocenters. The molecule has 1 saturated heterocycles. The van der Waals surface area contributed by atoms with Gasteiger partial charge in [-0.25, -0.2) is 0 Å². The summed E-state index contributed by atoms with van der Waals surface area (Å²) in [5.74, 6) is 0.528. The molecule has 82 valence electrons. The molecule has 2 heteroatoms. The van der Waals surface area contributed by atoms with Crippen LogP contribution in [0, 0.1) is 5.92 Å². The first-order valence-corrected chi connectivity index (χ1v) is 5.67. The molecule has 1 heterocycles. The molecule has 2 N–H and O–H groups in total. The molecule has 0 saturated carbocycles. The number of hydrogen-bond donors (Lipinski definition) is 1. The van der Waals surface area contributed by atoms with Crippen LogP contribution in [-0.2, 0) is 11.2 Å². The fourth-order valence-corrected chi connectivity index (χ4v) is 2.20. The van der Waals surface area contributed by atoms with Crippen LogP contribution in [0.1, 0.15) is 18.9 Å². The number of rotatable bonds is 3. The Morgan fingerprint density at radius 1 is 1.40 bits per heavy atom. The Morgan fingerprint density at radius 3 is 2.73 bits per heavy atom. The minimum absolute atomic E-state index is 0.234. The van der Waals surface area contributed by atoms with Gasteiger partial charge in [0.25, 0.3) is 0 Å². The molecule has 0 spiro atoms. The summed E-state index contributed by atoms with van der Waals surface area (Å²) in [6.45, 7) is 2.95. The van der Waals surface area contributed by atoms with Crippen LogP contribution in [0.25, 0.3) is 0 Å². The smallest absolute Gasteiger partial charge is 0.0551 e. The second kappa shape index (κ2) is 4.77. The van der Waals surface area contributed by atoms with Crippen molar-refractivity contribution in [2.75, 3.05) is 6.61 Å². The Balaban J connectivity index is 1.90. The summed E-state index contributed by atoms with van der Waals surface area (Å²) in [6, 6.07) is 10.7. The number of hydrogen-bond acceptors (Lipinski definition) is 2. The predicted octanol–water partition coefficient (Wildman–Crippen LogP) is 1.98. The first-order chi connectivity index (χ1) is 7.25. The largest absolute Gasteiger partial charge is 0.378 e. The molecular formula is C13H19NO. The molecule has 1 aliphatic heterocycles. The average molecular weight is 205 g/mol. The lowest BCUT2D eigenvalue weighted by Crippen LogP contribution is -2.32. The highest BCUT2D eigenvalue weighted by molar-refractivity contribution is 5.16. The fraction of sp³-hybridized carbons (Fsp3) is 0.538. The van der Waals surface area contributed by atoms with Crippen LogP contribution in [0.15, 0.2) is 30.3 Å². The standard InChI is InChI=1S/C13H19NO/c1-10-7-12(9-15-10)13(14)8-11-5-3-2-4-6-11/h2-6,10,12-13H,7-9,14H2,1H3. The van der Waals surface area contributed by atoms with Crippen molar-refractivity contribution < 1.29 is 4.74 Å². The highest BCUT2D eigenvalue weighted by Gasteiger charge is 2.27. The van der Waals surface area contributed by atoms with Crippen molar-refractivity contribution in [3.05, 3.63) is 35.9 Å². The van der Waals surface area contributed by atoms with E-state index in [1.165, 1.54) is 5.56 Å². The lowest BCUT2D eigenvalue weighted by Gasteiger charge is -2.17. The van der Waals surface area contributed by atoms with Crippen molar-refractivity contribution >= 4 is 0 Å². The number of nitrogens with two attached hydrogens (primary N) is 1. The quantitative estimate of drug-likeness (QED) is 0.819. The second-order valence-electron chi connectivity index (χ2n) is 4.49. The molecule has 2 nitrogen and oxygen atoms in total. The lowest BCUT2D eigenvalue weighted by atomic mass is 9.92. The third-order valence-electron chi connectivity index (χ3n) is 3.15. The minimum Gasteiger partial charge on any atom is -0.378 e. The zero-order valence-electron chi connectivity index (χ0n) is 9.23. The second-order valence-corrected chi connectivity index (χ2v) is 4.49. The van der Waals surface area contributed by atoms with Gasteiger partial charge in [-0.2, -0.15) is 0 Å². The molecule has 0 radical (unpaired) electrons. The highest BCUT2D eigenvalue weighted by atomic mass is 16.5. The molecule has 1 aromatic rings. The van der Waals surface area contributed by atoms with Crippen LogP contribution in [0.2, 0.25) is 0 Å². The molecule has 0 bridgehead atoms. The van der Waals surface area contributed by atoms with E-state index in [0.29, 0.717) is 12.0 Å². The van der Waals surface area contributed by atoms with Gasteiger partial charge in [0, 0.05) is 12.0 Å². The van der Waals surface area contributed by atoms with Gasteiger partial charge < -0.3 is 10.5 Å². The fourth-order valence-electron chi connectivity index (χ4n) is 2.20. The summed E-state index contributed by atoms with van der Waals surface area (Å²) in [4.78, 5) is 0. The van der Waals surface area contributed by atoms with Crippen molar-refractivity contribution in [1.29, 1.82) is 0 Å². The monoisotopic (exact) mass is 205 g/mol. The first kappa shape index (κ1) is 10.7. The maximum absolute atomic E-state index is 6.19. The van der Waals surface area contributed by atoms with Crippen LogP contribution in [0.3, 0.4) is 0 Å². The Kier molecular flexibility index (Phi) is 3.39. The summed E-state index contributed by atoms with van der Waals surface area (Å²) >= 11 is 0. The zero-order chi connectivity index (χ0) is 10.7. The van der Waals surface area contributed by atoms with E-state index >= 15 is 0 Å². The van der Waals surface area contributed by atoms with Gasteiger partial charge in [-0.05, 0) is 25.3 Å². The Hall–Kier alpha value is -0.860. The van der Waals surface area contributed by atoms with E-state index in [1.54, 1.807) is 0 Å². The van der Waals surface area contributed by atoms with Crippen LogP contribution in [0.4, 0.5) is 0 Å². The highest BCUT2D eigenvalue weighted by Crippen LogP contribution is 2.23. The van der Waals surface area contributed by atoms with Gasteiger partial charge in [-0.3, -0.25) is 0 Å². The van der Waals surface area contributed by atoms with Gasteiger partial charge in [-0.15, -0.1) is 0 Å². The molecule has 0 aliphatic carbocycles. The van der Waals surface area contributed by atoms with E-state index in [9.17, 15) is 0 Å². The van der Waals surface area contributed by atoms with Gasteiger partial charge in [0.15, 0.2) is 0 Å². The van der Waals surface area contributed by atoms with E-state index in [-0.39, 0.29) is 6.04 Å². The van der Waals surface area contributed by atoms with E-state index in [0.717, 1.165) is 19.4 Å². The summed E-state index contributed by atoms with van der Waals surface area (Å²) in [7, 11) is 0. The summed E-state index contributed by atoms with van der Waals surface area (Å²) in [6.07, 6.45) is 2.45. The Bertz CT molecular complexity index is 299. The first-order valence-electron chi connectivity index (χ1n) is 5.67. The topological polar surface area (TPSA) is 35.2 Å². The van der Waals surface area contributed by atoms with Gasteiger partial charge in [0.2, 0.25) is 0 Å². The van der Waals surface area contributed by atoms with E-state index < -0.39 is 0 Å². The van der Waals surface area contributed by atoms with E-state index in [1.807, 2.05) is 6.07 Å². The molecule has 1 aliphatic rings. The minimum atomic E-state index is 0.234. The van der Waals surface area contributed by atoms with Crippen LogP contribution < -0.4 is 5.73 Å². The lowest BCUT2D eigenvalue weighted by molar-refractivity contribution is 0.118. The molecule has 3 unspecified atom stereocenters. The Labute approximate surface area is 91.4 Å². The van der Waals surface area contributed by atoms with Gasteiger partial charge in [0.1, 0.15) is 0 Å². The van der Waals surface area contributed by atoms with E-state index in [4.69, 9.17) is 10.5 Å². The summed E-state index contributed by atoms with van der Waals surface area (Å²) < 4.78 is 5.54. The molecule has 2 rings (SSSR count). The molecule has 0 aromatic heterocycles. The average Bonchev–Trinajstić information content (AvgIpc) is 2.66. The SMILES string of the molecule is CC1CC(C(N)Cc2ccccc2)CO1. The van der Waals surface area contributed by atoms with Crippen molar-refractivity contribution in [2.45, 2.75) is 31.9 Å². The molecule has 0 amide bonds. The predicted molar refractivity (Wildman–Crippen MR) is 61.6 cm³/mol. The van der Waals surface area contributed by atoms with Crippen molar-refractivity contribution in [3.63, 3.8) is 0 Å². The maximum Gasteiger partial charge on any atom is 0.0551 e. The Morgan fingerprint density at radius 2 is 2.13 bits per heavy atom. The molecule has 1 fully saturated rings. The number of benzene rings is 1.